The molecule has 34 heavy (non-hydrogen) atoms. The average molecular weight is 504 g/mol. The molecule has 0 fully saturated rings. The van der Waals surface area contributed by atoms with Crippen LogP contribution in [0.3, 0.4) is 0 Å². The van der Waals surface area contributed by atoms with Crippen molar-refractivity contribution in [2.24, 2.45) is 0 Å². The van der Waals surface area contributed by atoms with Crippen molar-refractivity contribution in [3.8, 4) is 5.69 Å². The van der Waals surface area contributed by atoms with Gasteiger partial charge in [-0.15, -0.1) is 5.10 Å². The first kappa shape index (κ1) is 25.7. The number of carbonyl (C=O) groups is 2. The van der Waals surface area contributed by atoms with Crippen LogP contribution in [-0.2, 0) is 20.7 Å². The molecule has 0 aliphatic rings. The predicted octanol–water partition coefficient (Wildman–Crippen LogP) is 4.36. The first-order valence-corrected chi connectivity index (χ1v) is 11.5. The van der Waals surface area contributed by atoms with Crippen LogP contribution in [0.2, 0.25) is 10.2 Å². The van der Waals surface area contributed by atoms with Crippen molar-refractivity contribution in [2.45, 2.75) is 45.8 Å². The smallest absolute Gasteiger partial charge is 0.324 e. The van der Waals surface area contributed by atoms with Crippen molar-refractivity contribution >= 4 is 40.8 Å². The van der Waals surface area contributed by atoms with Gasteiger partial charge in [0, 0.05) is 5.02 Å². The Labute approximate surface area is 208 Å². The molecular formula is C24H27Cl2N5O3. The van der Waals surface area contributed by atoms with Crippen LogP contribution in [0.1, 0.15) is 31.9 Å². The predicted molar refractivity (Wildman–Crippen MR) is 133 cm³/mol. The second kappa shape index (κ2) is 11.0. The fourth-order valence-corrected chi connectivity index (χ4v) is 3.45. The number of aromatic nitrogens is 3. The van der Waals surface area contributed by atoms with Crippen LogP contribution >= 0.6 is 23.2 Å². The van der Waals surface area contributed by atoms with Crippen molar-refractivity contribution in [1.82, 2.24) is 20.3 Å². The third-order valence-electron chi connectivity index (χ3n) is 4.71. The lowest BCUT2D eigenvalue weighted by molar-refractivity contribution is -0.157. The van der Waals surface area contributed by atoms with Gasteiger partial charge < -0.3 is 10.1 Å². The molecule has 0 aliphatic carbocycles. The van der Waals surface area contributed by atoms with E-state index in [1.165, 1.54) is 10.9 Å². The summed E-state index contributed by atoms with van der Waals surface area (Å²) in [6, 6.07) is 12.1. The Bertz CT molecular complexity index is 1160. The van der Waals surface area contributed by atoms with E-state index in [4.69, 9.17) is 27.9 Å². The second-order valence-electron chi connectivity index (χ2n) is 8.85. The number of amides is 1. The van der Waals surface area contributed by atoms with E-state index in [0.717, 1.165) is 11.1 Å². The molecule has 0 aliphatic heterocycles. The number of nitrogens with one attached hydrogen (secondary N) is 2. The lowest BCUT2D eigenvalue weighted by Crippen LogP contribution is -2.45. The normalized spacial score (nSPS) is 12.3. The van der Waals surface area contributed by atoms with E-state index >= 15 is 0 Å². The summed E-state index contributed by atoms with van der Waals surface area (Å²) >= 11 is 12.0. The Morgan fingerprint density at radius 1 is 1.12 bits per heavy atom. The highest BCUT2D eigenvalue weighted by molar-refractivity contribution is 6.31. The number of anilines is 1. The van der Waals surface area contributed by atoms with Crippen LogP contribution in [0.5, 0.6) is 0 Å². The Morgan fingerprint density at radius 3 is 2.44 bits per heavy atom. The van der Waals surface area contributed by atoms with Gasteiger partial charge in [0.25, 0.3) is 0 Å². The molecule has 0 saturated carbocycles. The van der Waals surface area contributed by atoms with Crippen molar-refractivity contribution in [3.63, 3.8) is 0 Å². The zero-order chi connectivity index (χ0) is 24.9. The van der Waals surface area contributed by atoms with E-state index in [1.54, 1.807) is 39.0 Å². The minimum absolute atomic E-state index is 0.125. The third-order valence-corrected chi connectivity index (χ3v) is 5.11. The Kier molecular flexibility index (Phi) is 8.30. The minimum Gasteiger partial charge on any atom is -0.459 e. The van der Waals surface area contributed by atoms with Gasteiger partial charge in [0.2, 0.25) is 5.91 Å². The largest absolute Gasteiger partial charge is 0.459 e. The molecule has 1 unspecified atom stereocenters. The number of benzene rings is 2. The van der Waals surface area contributed by atoms with E-state index in [0.29, 0.717) is 22.8 Å². The fourth-order valence-electron chi connectivity index (χ4n) is 3.15. The van der Waals surface area contributed by atoms with Crippen LogP contribution in [0.25, 0.3) is 5.69 Å². The molecule has 1 heterocycles. The molecule has 10 heteroatoms. The number of hydrogen-bond acceptors (Lipinski definition) is 6. The number of nitrogens with zero attached hydrogens (tertiary/aromatic N) is 3. The molecule has 1 aromatic heterocycles. The van der Waals surface area contributed by atoms with Gasteiger partial charge in [-0.2, -0.15) is 0 Å². The standard InChI is InChI=1S/C24H27Cl2N5O3/c1-15-5-7-16(8-6-15)11-19(23(33)34-24(2,3)4)27-13-22(32)28-18-12-17(25)9-10-20(18)31-14-21(26)29-30-31/h5-10,12,14,19,27H,11,13H2,1-4H3,(H,28,32). The van der Waals surface area contributed by atoms with E-state index in [-0.39, 0.29) is 17.6 Å². The number of halogens is 2. The maximum absolute atomic E-state index is 12.8. The quantitative estimate of drug-likeness (QED) is 0.443. The number of rotatable bonds is 8. The molecule has 1 amide bonds. The van der Waals surface area contributed by atoms with E-state index in [9.17, 15) is 9.59 Å². The molecule has 0 saturated heterocycles. The molecule has 0 spiro atoms. The van der Waals surface area contributed by atoms with E-state index in [2.05, 4.69) is 20.9 Å². The molecule has 180 valence electrons. The molecule has 2 aromatic carbocycles. The summed E-state index contributed by atoms with van der Waals surface area (Å²) in [6.45, 7) is 7.28. The molecule has 3 aromatic rings. The first-order valence-electron chi connectivity index (χ1n) is 10.7. The summed E-state index contributed by atoms with van der Waals surface area (Å²) in [5.74, 6) is -0.797. The maximum Gasteiger partial charge on any atom is 0.324 e. The van der Waals surface area contributed by atoms with Crippen LogP contribution in [0.15, 0.2) is 48.7 Å². The van der Waals surface area contributed by atoms with Gasteiger partial charge in [-0.3, -0.25) is 14.9 Å². The van der Waals surface area contributed by atoms with Gasteiger partial charge >= 0.3 is 5.97 Å². The lowest BCUT2D eigenvalue weighted by atomic mass is 10.0. The van der Waals surface area contributed by atoms with Crippen molar-refractivity contribution < 1.29 is 14.3 Å². The van der Waals surface area contributed by atoms with Gasteiger partial charge in [0.05, 0.1) is 24.1 Å². The number of carbonyl (C=O) groups excluding carboxylic acids is 2. The monoisotopic (exact) mass is 503 g/mol. The van der Waals surface area contributed by atoms with Crippen LogP contribution in [0, 0.1) is 6.92 Å². The number of hydrogen-bond donors (Lipinski definition) is 2. The molecule has 3 rings (SSSR count). The zero-order valence-corrected chi connectivity index (χ0v) is 20.9. The van der Waals surface area contributed by atoms with Gasteiger partial charge in [0.1, 0.15) is 11.6 Å². The Hall–Kier alpha value is -2.94. The number of aryl methyl sites for hydroxylation is 1. The summed E-state index contributed by atoms with van der Waals surface area (Å²) in [5, 5.41) is 14.2. The van der Waals surface area contributed by atoms with Crippen molar-refractivity contribution in [3.05, 3.63) is 70.0 Å². The first-order chi connectivity index (χ1) is 16.0. The number of esters is 1. The maximum atomic E-state index is 12.8. The van der Waals surface area contributed by atoms with Crippen molar-refractivity contribution in [2.75, 3.05) is 11.9 Å². The summed E-state index contributed by atoms with van der Waals surface area (Å²) in [6.07, 6.45) is 1.89. The highest BCUT2D eigenvalue weighted by Gasteiger charge is 2.26. The summed E-state index contributed by atoms with van der Waals surface area (Å²) in [4.78, 5) is 25.6. The minimum atomic E-state index is -0.708. The molecule has 1 atom stereocenters. The van der Waals surface area contributed by atoms with E-state index < -0.39 is 17.6 Å². The number of ether oxygens (including phenoxy) is 1. The average Bonchev–Trinajstić information content (AvgIpc) is 3.17. The second-order valence-corrected chi connectivity index (χ2v) is 9.68. The summed E-state index contributed by atoms with van der Waals surface area (Å²) < 4.78 is 6.99. The molecule has 0 bridgehead atoms. The Morgan fingerprint density at radius 2 is 1.82 bits per heavy atom. The Balaban J connectivity index is 1.72. The lowest BCUT2D eigenvalue weighted by Gasteiger charge is -2.24. The van der Waals surface area contributed by atoms with Gasteiger partial charge in [-0.25, -0.2) is 4.68 Å². The van der Waals surface area contributed by atoms with Crippen LogP contribution in [-0.4, -0.2) is 45.1 Å². The zero-order valence-electron chi connectivity index (χ0n) is 19.4. The highest BCUT2D eigenvalue weighted by atomic mass is 35.5. The molecular weight excluding hydrogens is 477 g/mol. The summed E-state index contributed by atoms with van der Waals surface area (Å²) in [5.41, 5.74) is 2.39. The van der Waals surface area contributed by atoms with Gasteiger partial charge in [-0.1, -0.05) is 58.2 Å². The SMILES string of the molecule is Cc1ccc(CC(NCC(=O)Nc2cc(Cl)ccc2-n2cc(Cl)nn2)C(=O)OC(C)(C)C)cc1. The fraction of sp³-hybridized carbons (Fsp3) is 0.333. The molecule has 2 N–H and O–H groups in total. The highest BCUT2D eigenvalue weighted by Crippen LogP contribution is 2.24. The molecule has 8 nitrogen and oxygen atoms in total. The van der Waals surface area contributed by atoms with Crippen LogP contribution in [0.4, 0.5) is 5.69 Å². The van der Waals surface area contributed by atoms with E-state index in [1.807, 2.05) is 31.2 Å². The van der Waals surface area contributed by atoms with Gasteiger partial charge in [0.15, 0.2) is 5.15 Å². The van der Waals surface area contributed by atoms with Crippen molar-refractivity contribution in [1.29, 1.82) is 0 Å². The van der Waals surface area contributed by atoms with Gasteiger partial charge in [-0.05, 0) is 57.9 Å². The third kappa shape index (κ3) is 7.55. The molecule has 0 radical (unpaired) electrons. The summed E-state index contributed by atoms with van der Waals surface area (Å²) in [7, 11) is 0. The van der Waals surface area contributed by atoms with Crippen LogP contribution < -0.4 is 10.6 Å². The topological polar surface area (TPSA) is 98.1 Å².